The first-order chi connectivity index (χ1) is 9.29. The van der Waals surface area contributed by atoms with Crippen LogP contribution >= 0.6 is 11.8 Å². The summed E-state index contributed by atoms with van der Waals surface area (Å²) in [4.78, 5) is 26.4. The molecule has 1 aromatic rings. The number of carbonyl (C=O) groups excluding carboxylic acids is 2. The van der Waals surface area contributed by atoms with Gasteiger partial charge in [-0.1, -0.05) is 6.92 Å². The molecule has 0 bridgehead atoms. The highest BCUT2D eigenvalue weighted by atomic mass is 32.2. The van der Waals surface area contributed by atoms with Crippen molar-refractivity contribution in [2.45, 2.75) is 37.8 Å². The fourth-order valence-corrected chi connectivity index (χ4v) is 2.46. The lowest BCUT2D eigenvalue weighted by molar-refractivity contribution is -0.158. The first-order valence-electron chi connectivity index (χ1n) is 6.12. The minimum atomic E-state index is -0.856. The van der Waals surface area contributed by atoms with Crippen molar-refractivity contribution in [3.05, 3.63) is 23.4 Å². The lowest BCUT2D eigenvalue weighted by Gasteiger charge is -2.17. The molecular weight excluding hydrogens is 278 g/mol. The smallest absolute Gasteiger partial charge is 0.331 e. The molecule has 0 amide bonds. The van der Waals surface area contributed by atoms with Crippen molar-refractivity contribution >= 4 is 29.5 Å². The van der Waals surface area contributed by atoms with E-state index >= 15 is 0 Å². The summed E-state index contributed by atoms with van der Waals surface area (Å²) in [5, 5.41) is -0.203. The molecule has 4 N–H and O–H groups in total. The SMILES string of the molecule is CC(=O)OC(=O)[C@@H](N)[C@H](C)SCc1cc(C)cc(N)n1. The molecular formula is C13H19N3O3S. The van der Waals surface area contributed by atoms with Crippen LogP contribution in [0.25, 0.3) is 0 Å². The topological polar surface area (TPSA) is 108 Å². The van der Waals surface area contributed by atoms with Gasteiger partial charge in [0.1, 0.15) is 11.9 Å². The number of thioether (sulfide) groups is 1. The van der Waals surface area contributed by atoms with E-state index in [0.29, 0.717) is 11.6 Å². The molecule has 1 heterocycles. The lowest BCUT2D eigenvalue weighted by Crippen LogP contribution is -2.40. The molecule has 0 aliphatic heterocycles. The second kappa shape index (κ2) is 7.25. The second-order valence-corrected chi connectivity index (χ2v) is 5.88. The number of anilines is 1. The first-order valence-corrected chi connectivity index (χ1v) is 7.17. The minimum absolute atomic E-state index is 0.203. The summed E-state index contributed by atoms with van der Waals surface area (Å²) in [6.07, 6.45) is 0. The Labute approximate surface area is 122 Å². The number of aryl methyl sites for hydroxylation is 1. The Morgan fingerprint density at radius 3 is 2.65 bits per heavy atom. The number of hydrogen-bond donors (Lipinski definition) is 2. The van der Waals surface area contributed by atoms with E-state index in [9.17, 15) is 9.59 Å². The molecule has 7 heteroatoms. The summed E-state index contributed by atoms with van der Waals surface area (Å²) in [6, 6.07) is 2.86. The van der Waals surface area contributed by atoms with Crippen LogP contribution in [-0.4, -0.2) is 28.2 Å². The van der Waals surface area contributed by atoms with Gasteiger partial charge in [0.2, 0.25) is 0 Å². The van der Waals surface area contributed by atoms with Gasteiger partial charge in [0.05, 0.1) is 5.69 Å². The van der Waals surface area contributed by atoms with Crippen molar-refractivity contribution in [1.82, 2.24) is 4.98 Å². The van der Waals surface area contributed by atoms with Crippen molar-refractivity contribution < 1.29 is 14.3 Å². The van der Waals surface area contributed by atoms with Crippen molar-refractivity contribution in [3.8, 4) is 0 Å². The molecule has 2 atom stereocenters. The van der Waals surface area contributed by atoms with E-state index < -0.39 is 18.0 Å². The summed E-state index contributed by atoms with van der Waals surface area (Å²) in [7, 11) is 0. The van der Waals surface area contributed by atoms with Gasteiger partial charge in [-0.15, -0.1) is 0 Å². The molecule has 1 rings (SSSR count). The van der Waals surface area contributed by atoms with Crippen LogP contribution < -0.4 is 11.5 Å². The Hall–Kier alpha value is -1.60. The zero-order valence-corrected chi connectivity index (χ0v) is 12.6. The van der Waals surface area contributed by atoms with Gasteiger partial charge in [-0.2, -0.15) is 11.8 Å². The van der Waals surface area contributed by atoms with E-state index in [2.05, 4.69) is 9.72 Å². The summed E-state index contributed by atoms with van der Waals surface area (Å²) < 4.78 is 4.47. The number of nitrogens with two attached hydrogens (primary N) is 2. The number of nitrogen functional groups attached to an aromatic ring is 1. The van der Waals surface area contributed by atoms with E-state index in [1.54, 1.807) is 13.0 Å². The summed E-state index contributed by atoms with van der Waals surface area (Å²) in [5.74, 6) is -0.327. The molecule has 6 nitrogen and oxygen atoms in total. The maximum Gasteiger partial charge on any atom is 0.331 e. The third-order valence-electron chi connectivity index (χ3n) is 2.56. The minimum Gasteiger partial charge on any atom is -0.392 e. The van der Waals surface area contributed by atoms with Crippen molar-refractivity contribution in [3.63, 3.8) is 0 Å². The lowest BCUT2D eigenvalue weighted by atomic mass is 10.2. The van der Waals surface area contributed by atoms with Crippen LogP contribution in [0.4, 0.5) is 5.82 Å². The van der Waals surface area contributed by atoms with Gasteiger partial charge in [0.15, 0.2) is 0 Å². The largest absolute Gasteiger partial charge is 0.392 e. The van der Waals surface area contributed by atoms with E-state index in [1.165, 1.54) is 18.7 Å². The van der Waals surface area contributed by atoms with Crippen molar-refractivity contribution in [2.24, 2.45) is 5.73 Å². The van der Waals surface area contributed by atoms with Crippen LogP contribution in [0.2, 0.25) is 0 Å². The predicted octanol–water partition coefficient (Wildman–Crippen LogP) is 1.01. The second-order valence-electron chi connectivity index (χ2n) is 4.52. The summed E-state index contributed by atoms with van der Waals surface area (Å²) in [6.45, 7) is 4.91. The monoisotopic (exact) mass is 297 g/mol. The van der Waals surface area contributed by atoms with Crippen LogP contribution in [0.15, 0.2) is 12.1 Å². The summed E-state index contributed by atoms with van der Waals surface area (Å²) >= 11 is 1.46. The van der Waals surface area contributed by atoms with Gasteiger partial charge in [0.25, 0.3) is 0 Å². The number of aromatic nitrogens is 1. The van der Waals surface area contributed by atoms with Crippen LogP contribution in [-0.2, 0) is 20.1 Å². The molecule has 0 aliphatic rings. The number of hydrogen-bond acceptors (Lipinski definition) is 7. The standard InChI is InChI=1S/C13H19N3O3S/c1-7-4-10(16-11(14)5-7)6-20-8(2)12(15)13(18)19-9(3)17/h4-5,8,12H,6,15H2,1-3H3,(H2,14,16)/t8-,12-/m0/s1. The van der Waals surface area contributed by atoms with Crippen molar-refractivity contribution in [1.29, 1.82) is 0 Å². The van der Waals surface area contributed by atoms with Crippen LogP contribution in [0.3, 0.4) is 0 Å². The Kier molecular flexibility index (Phi) is 5.97. The number of pyridine rings is 1. The average molecular weight is 297 g/mol. The first kappa shape index (κ1) is 16.5. The van der Waals surface area contributed by atoms with Gasteiger partial charge in [0, 0.05) is 17.9 Å². The molecule has 1 aromatic heterocycles. The number of rotatable bonds is 5. The van der Waals surface area contributed by atoms with Gasteiger partial charge >= 0.3 is 11.9 Å². The van der Waals surface area contributed by atoms with Gasteiger partial charge in [-0.05, 0) is 24.6 Å². The Bertz CT molecular complexity index is 487. The molecule has 0 fully saturated rings. The quantitative estimate of drug-likeness (QED) is 0.616. The highest BCUT2D eigenvalue weighted by Crippen LogP contribution is 2.20. The number of ether oxygens (including phenoxy) is 1. The third-order valence-corrected chi connectivity index (χ3v) is 3.84. The fourth-order valence-electron chi connectivity index (χ4n) is 1.56. The molecule has 0 aromatic carbocycles. The molecule has 0 unspecified atom stereocenters. The van der Waals surface area contributed by atoms with Gasteiger partial charge in [-0.3, -0.25) is 4.79 Å². The normalized spacial score (nSPS) is 13.6. The molecule has 0 spiro atoms. The van der Waals surface area contributed by atoms with E-state index in [0.717, 1.165) is 11.3 Å². The zero-order chi connectivity index (χ0) is 15.3. The molecule has 0 radical (unpaired) electrons. The number of esters is 2. The molecule has 0 saturated carbocycles. The predicted molar refractivity (Wildman–Crippen MR) is 78.9 cm³/mol. The molecule has 0 aliphatic carbocycles. The third kappa shape index (κ3) is 5.18. The fraction of sp³-hybridized carbons (Fsp3) is 0.462. The molecule has 110 valence electrons. The van der Waals surface area contributed by atoms with Crippen LogP contribution in [0.5, 0.6) is 0 Å². The van der Waals surface area contributed by atoms with E-state index in [4.69, 9.17) is 11.5 Å². The Balaban J connectivity index is 2.55. The highest BCUT2D eigenvalue weighted by Gasteiger charge is 2.24. The molecule has 0 saturated heterocycles. The zero-order valence-electron chi connectivity index (χ0n) is 11.8. The maximum absolute atomic E-state index is 11.5. The van der Waals surface area contributed by atoms with E-state index in [-0.39, 0.29) is 5.25 Å². The Morgan fingerprint density at radius 1 is 1.45 bits per heavy atom. The Morgan fingerprint density at radius 2 is 2.10 bits per heavy atom. The van der Waals surface area contributed by atoms with Crippen LogP contribution in [0, 0.1) is 6.92 Å². The van der Waals surface area contributed by atoms with Crippen LogP contribution in [0.1, 0.15) is 25.1 Å². The van der Waals surface area contributed by atoms with E-state index in [1.807, 2.05) is 13.0 Å². The highest BCUT2D eigenvalue weighted by molar-refractivity contribution is 7.99. The van der Waals surface area contributed by atoms with Gasteiger partial charge < -0.3 is 16.2 Å². The number of nitrogens with zero attached hydrogens (tertiary/aromatic N) is 1. The number of carbonyl (C=O) groups is 2. The average Bonchev–Trinajstić information content (AvgIpc) is 2.33. The van der Waals surface area contributed by atoms with Gasteiger partial charge in [-0.25, -0.2) is 9.78 Å². The van der Waals surface area contributed by atoms with Crippen molar-refractivity contribution in [2.75, 3.05) is 5.73 Å². The molecule has 20 heavy (non-hydrogen) atoms. The maximum atomic E-state index is 11.5. The summed E-state index contributed by atoms with van der Waals surface area (Å²) in [5.41, 5.74) is 13.3.